The van der Waals surface area contributed by atoms with Crippen molar-refractivity contribution < 1.29 is 33.4 Å². The van der Waals surface area contributed by atoms with Gasteiger partial charge in [-0.15, -0.1) is 0 Å². The number of aromatic nitrogens is 2. The van der Waals surface area contributed by atoms with E-state index < -0.39 is 30.3 Å². The van der Waals surface area contributed by atoms with Gasteiger partial charge in [-0.25, -0.2) is 14.6 Å². The number of nitrogens with zero attached hydrogens (tertiary/aromatic N) is 3. The van der Waals surface area contributed by atoms with Crippen molar-refractivity contribution in [3.8, 4) is 22.4 Å². The Morgan fingerprint density at radius 2 is 1.33 bits per heavy atom. The van der Waals surface area contributed by atoms with Gasteiger partial charge < -0.3 is 40.2 Å². The average Bonchev–Trinajstić information content (AvgIpc) is 3.91. The van der Waals surface area contributed by atoms with Crippen molar-refractivity contribution in [2.75, 3.05) is 27.3 Å². The fourth-order valence-corrected chi connectivity index (χ4v) is 6.33. The summed E-state index contributed by atoms with van der Waals surface area (Å²) >= 11 is 0. The number of alkyl carbamates (subject to hydrolysis) is 2. The molecule has 3 heterocycles. The summed E-state index contributed by atoms with van der Waals surface area (Å²) in [5.74, 6) is -0.0257. The van der Waals surface area contributed by atoms with Gasteiger partial charge in [-0.1, -0.05) is 48.5 Å². The van der Waals surface area contributed by atoms with E-state index in [0.29, 0.717) is 38.3 Å². The molecule has 0 radical (unpaired) electrons. The Balaban J connectivity index is 1.15. The van der Waals surface area contributed by atoms with Crippen molar-refractivity contribution >= 4 is 29.9 Å². The molecule has 2 fully saturated rings. The lowest BCUT2D eigenvalue weighted by atomic mass is 10.0. The van der Waals surface area contributed by atoms with Crippen molar-refractivity contribution in [2.24, 2.45) is 0 Å². The van der Waals surface area contributed by atoms with Crippen LogP contribution < -0.4 is 16.0 Å². The fraction of sp³-hybridized carbons (Fsp3) is 0.429. The van der Waals surface area contributed by atoms with E-state index >= 15 is 0 Å². The number of benzene rings is 2. The van der Waals surface area contributed by atoms with Gasteiger partial charge in [0.05, 0.1) is 32.2 Å². The van der Waals surface area contributed by atoms with Gasteiger partial charge in [0, 0.05) is 19.6 Å². The third-order valence-corrected chi connectivity index (χ3v) is 9.02. The molecule has 2 aliphatic rings. The number of hydrogen-bond donors (Lipinski definition) is 4. The van der Waals surface area contributed by atoms with Crippen LogP contribution in [-0.2, 0) is 30.4 Å². The summed E-state index contributed by atoms with van der Waals surface area (Å²) in [5, 5.41) is 7.96. The second-order valence-electron chi connectivity index (χ2n) is 12.3. The minimum atomic E-state index is -0.799. The van der Waals surface area contributed by atoms with Crippen LogP contribution in [0.1, 0.15) is 57.0 Å². The van der Waals surface area contributed by atoms with E-state index in [4.69, 9.17) is 0 Å². The lowest BCUT2D eigenvalue weighted by Crippen LogP contribution is -2.52. The monoisotopic (exact) mass is 673 g/mol. The molecule has 1 aromatic heterocycles. The smallest absolute Gasteiger partial charge is 0.407 e. The third-order valence-electron chi connectivity index (χ3n) is 9.02. The number of amides is 5. The molecular formula is C35H43N7O7. The minimum Gasteiger partial charge on any atom is -0.453 e. The van der Waals surface area contributed by atoms with Gasteiger partial charge in [0.1, 0.15) is 23.9 Å². The van der Waals surface area contributed by atoms with Crippen LogP contribution in [0.25, 0.3) is 22.4 Å². The second-order valence-corrected chi connectivity index (χ2v) is 12.3. The summed E-state index contributed by atoms with van der Waals surface area (Å²) in [4.78, 5) is 73.2. The lowest BCUT2D eigenvalue weighted by Gasteiger charge is -2.27. The van der Waals surface area contributed by atoms with Crippen LogP contribution in [0.3, 0.4) is 0 Å². The Morgan fingerprint density at radius 3 is 1.94 bits per heavy atom. The topological polar surface area (TPSA) is 175 Å². The van der Waals surface area contributed by atoms with Crippen LogP contribution >= 0.6 is 0 Å². The van der Waals surface area contributed by atoms with Crippen molar-refractivity contribution in [3.05, 3.63) is 66.1 Å². The van der Waals surface area contributed by atoms with Crippen molar-refractivity contribution in [1.82, 2.24) is 35.7 Å². The number of likely N-dealkylation sites (tertiary alicyclic amines) is 2. The highest BCUT2D eigenvalue weighted by Crippen LogP contribution is 2.32. The van der Waals surface area contributed by atoms with Crippen LogP contribution in [0.4, 0.5) is 9.59 Å². The summed E-state index contributed by atoms with van der Waals surface area (Å²) in [5.41, 5.74) is 4.75. The molecule has 2 aliphatic heterocycles. The summed E-state index contributed by atoms with van der Waals surface area (Å²) in [6.45, 7) is 4.57. The van der Waals surface area contributed by atoms with Gasteiger partial charge in [0.25, 0.3) is 0 Å². The number of H-pyrrole nitrogens is 1. The van der Waals surface area contributed by atoms with Gasteiger partial charge in [-0.3, -0.25) is 14.4 Å². The maximum atomic E-state index is 13.0. The number of imidazole rings is 1. The van der Waals surface area contributed by atoms with E-state index in [0.717, 1.165) is 40.8 Å². The van der Waals surface area contributed by atoms with Crippen molar-refractivity contribution in [1.29, 1.82) is 0 Å². The highest BCUT2D eigenvalue weighted by atomic mass is 16.5. The van der Waals surface area contributed by atoms with E-state index in [1.807, 2.05) is 48.5 Å². The first-order valence-electron chi connectivity index (χ1n) is 16.4. The molecule has 4 N–H and O–H groups in total. The van der Waals surface area contributed by atoms with E-state index in [-0.39, 0.29) is 23.8 Å². The zero-order chi connectivity index (χ0) is 35.1. The molecule has 0 bridgehead atoms. The fourth-order valence-electron chi connectivity index (χ4n) is 6.33. The number of hydrogen-bond acceptors (Lipinski definition) is 8. The first kappa shape index (κ1) is 34.9. The highest BCUT2D eigenvalue weighted by molar-refractivity contribution is 5.91. The standard InChI is InChI=1S/C35H43N7O7/c1-21(38-34(46)48-3)32(44)41-17-5-7-28(41)30-36-20-27(40-30)26-15-13-25(14-16-26)24-11-9-23(10-12-24)19-37-31(43)29-8-6-18-42(29)33(45)22(2)39-35(47)49-4/h9-16,20-22,28-29H,5-8,17-19H2,1-4H3,(H,36,40)(H,37,43)(H,38,46)(H,39,47)/t21-,22-,28-,29-/m0/s1. The summed E-state index contributed by atoms with van der Waals surface area (Å²) in [6.07, 6.45) is 3.31. The average molecular weight is 674 g/mol. The van der Waals surface area contributed by atoms with Gasteiger partial charge in [-0.05, 0) is 61.8 Å². The maximum Gasteiger partial charge on any atom is 0.407 e. The number of ether oxygens (including phenoxy) is 2. The second kappa shape index (κ2) is 15.7. The van der Waals surface area contributed by atoms with Crippen LogP contribution in [0, 0.1) is 0 Å². The summed E-state index contributed by atoms with van der Waals surface area (Å²) < 4.78 is 9.20. The molecule has 260 valence electrons. The summed E-state index contributed by atoms with van der Waals surface area (Å²) in [7, 11) is 2.49. The number of carbonyl (C=O) groups excluding carboxylic acids is 5. The predicted molar refractivity (Wildman–Crippen MR) is 180 cm³/mol. The van der Waals surface area contributed by atoms with Crippen molar-refractivity contribution in [3.63, 3.8) is 0 Å². The van der Waals surface area contributed by atoms with E-state index in [2.05, 4.69) is 35.4 Å². The molecule has 4 atom stereocenters. The molecule has 3 aromatic rings. The number of rotatable bonds is 10. The Morgan fingerprint density at radius 1 is 0.796 bits per heavy atom. The molecule has 0 saturated carbocycles. The SMILES string of the molecule is COC(=O)N[C@@H](C)C(=O)N1CCC[C@H]1C(=O)NCc1ccc(-c2ccc(-c3cnc([C@@H]4CCCN4C(=O)[C@H](C)NC(=O)OC)[nH]3)cc2)cc1. The van der Waals surface area contributed by atoms with Gasteiger partial charge in [-0.2, -0.15) is 0 Å². The lowest BCUT2D eigenvalue weighted by molar-refractivity contribution is -0.139. The van der Waals surface area contributed by atoms with Gasteiger partial charge in [0.15, 0.2) is 0 Å². The van der Waals surface area contributed by atoms with Crippen LogP contribution in [-0.4, -0.2) is 95.1 Å². The molecule has 0 aliphatic carbocycles. The maximum absolute atomic E-state index is 13.0. The number of carbonyl (C=O) groups is 5. The normalized spacial score (nSPS) is 18.4. The van der Waals surface area contributed by atoms with E-state index in [9.17, 15) is 24.0 Å². The quantitative estimate of drug-likeness (QED) is 0.253. The highest BCUT2D eigenvalue weighted by Gasteiger charge is 2.37. The largest absolute Gasteiger partial charge is 0.453 e. The molecule has 2 saturated heterocycles. The van der Waals surface area contributed by atoms with Gasteiger partial charge in [0.2, 0.25) is 17.7 Å². The molecule has 5 rings (SSSR count). The van der Waals surface area contributed by atoms with E-state index in [1.54, 1.807) is 24.9 Å². The third kappa shape index (κ3) is 8.19. The Hall–Kier alpha value is -5.40. The molecule has 14 nitrogen and oxygen atoms in total. The molecule has 2 aromatic carbocycles. The minimum absolute atomic E-state index is 0.183. The number of nitrogens with one attached hydrogen (secondary N) is 4. The zero-order valence-corrected chi connectivity index (χ0v) is 28.2. The molecule has 14 heteroatoms. The molecule has 0 spiro atoms. The Bertz CT molecular complexity index is 1660. The molecule has 49 heavy (non-hydrogen) atoms. The molecule has 0 unspecified atom stereocenters. The van der Waals surface area contributed by atoms with Crippen molar-refractivity contribution in [2.45, 2.75) is 70.2 Å². The first-order valence-corrected chi connectivity index (χ1v) is 16.4. The summed E-state index contributed by atoms with van der Waals surface area (Å²) in [6, 6.07) is 13.7. The number of aromatic amines is 1. The molecule has 5 amide bonds. The Kier molecular flexibility index (Phi) is 11.2. The molecular weight excluding hydrogens is 630 g/mol. The van der Waals surface area contributed by atoms with E-state index in [1.165, 1.54) is 19.1 Å². The zero-order valence-electron chi connectivity index (χ0n) is 28.2. The van der Waals surface area contributed by atoms with Crippen LogP contribution in [0.15, 0.2) is 54.7 Å². The first-order chi connectivity index (χ1) is 23.6. The van der Waals surface area contributed by atoms with Gasteiger partial charge >= 0.3 is 12.2 Å². The van der Waals surface area contributed by atoms with Crippen LogP contribution in [0.5, 0.6) is 0 Å². The number of methoxy groups -OCH3 is 2. The Labute approximate surface area is 284 Å². The predicted octanol–water partition coefficient (Wildman–Crippen LogP) is 3.50. The van der Waals surface area contributed by atoms with Crippen LogP contribution in [0.2, 0.25) is 0 Å².